The van der Waals surface area contributed by atoms with Crippen LogP contribution in [0.15, 0.2) is 0 Å². The second-order valence-corrected chi connectivity index (χ2v) is 2.55. The summed E-state index contributed by atoms with van der Waals surface area (Å²) in [6.45, 7) is 2.05. The van der Waals surface area contributed by atoms with Gasteiger partial charge in [0.2, 0.25) is 5.91 Å². The zero-order chi connectivity index (χ0) is 8.43. The third kappa shape index (κ3) is 1.32. The molecule has 0 aliphatic carbocycles. The Hall–Kier alpha value is -1.10. The normalized spacial score (nSPS) is 36.5. The number of nitrogens with one attached hydrogen (secondary N) is 1. The van der Waals surface area contributed by atoms with Crippen molar-refractivity contribution in [1.29, 1.82) is 0 Å². The molecular weight excluding hydrogens is 148 g/mol. The summed E-state index contributed by atoms with van der Waals surface area (Å²) < 4.78 is 4.56. The molecule has 0 bridgehead atoms. The van der Waals surface area contributed by atoms with Crippen LogP contribution in [0.5, 0.6) is 0 Å². The Morgan fingerprint density at radius 1 is 1.73 bits per heavy atom. The summed E-state index contributed by atoms with van der Waals surface area (Å²) in [4.78, 5) is 20.7. The van der Waals surface area contributed by atoms with Crippen LogP contribution in [0.3, 0.4) is 0 Å². The van der Waals surface area contributed by atoms with E-state index >= 15 is 0 Å². The van der Waals surface area contributed by atoms with Crippen molar-refractivity contribution >= 4 is 12.4 Å². The monoisotopic (exact) mass is 158 g/mol. The summed E-state index contributed by atoms with van der Waals surface area (Å²) >= 11 is 0. The van der Waals surface area contributed by atoms with Gasteiger partial charge in [-0.2, -0.15) is 0 Å². The number of hydrogen-bond donors (Lipinski definition) is 2. The van der Waals surface area contributed by atoms with Gasteiger partial charge in [0.1, 0.15) is 0 Å². The molecule has 0 spiro atoms. The molecule has 1 amide bonds. The summed E-state index contributed by atoms with van der Waals surface area (Å²) in [5.41, 5.74) is 5.43. The molecule has 0 aromatic carbocycles. The molecule has 0 aromatic rings. The second-order valence-electron chi connectivity index (χ2n) is 2.55. The molecule has 1 heterocycles. The van der Waals surface area contributed by atoms with Crippen molar-refractivity contribution in [3.63, 3.8) is 0 Å². The standard InChI is InChI=1S/C6H10N2O3/c1-3-4(7)5(10)8-6(3)11-2-9/h2-4,6H,7H2,1H3,(H,8,10)/t3-,4+,6?/m1/s1. The van der Waals surface area contributed by atoms with E-state index < -0.39 is 12.3 Å². The third-order valence-corrected chi connectivity index (χ3v) is 1.83. The molecule has 0 aromatic heterocycles. The predicted octanol–water partition coefficient (Wildman–Crippen LogP) is -1.42. The van der Waals surface area contributed by atoms with Gasteiger partial charge in [0.15, 0.2) is 6.23 Å². The van der Waals surface area contributed by atoms with Crippen molar-refractivity contribution in [2.24, 2.45) is 11.7 Å². The van der Waals surface area contributed by atoms with Crippen molar-refractivity contribution in [1.82, 2.24) is 5.32 Å². The van der Waals surface area contributed by atoms with Crippen LogP contribution in [0.25, 0.3) is 0 Å². The van der Waals surface area contributed by atoms with Gasteiger partial charge in [-0.1, -0.05) is 6.92 Å². The molecule has 0 radical (unpaired) electrons. The zero-order valence-corrected chi connectivity index (χ0v) is 6.11. The highest BCUT2D eigenvalue weighted by molar-refractivity contribution is 5.84. The molecule has 11 heavy (non-hydrogen) atoms. The lowest BCUT2D eigenvalue weighted by Crippen LogP contribution is -2.32. The highest BCUT2D eigenvalue weighted by Crippen LogP contribution is 2.14. The summed E-state index contributed by atoms with van der Waals surface area (Å²) in [5, 5.41) is 2.44. The van der Waals surface area contributed by atoms with Crippen molar-refractivity contribution in [2.75, 3.05) is 0 Å². The van der Waals surface area contributed by atoms with Gasteiger partial charge in [0.05, 0.1) is 6.04 Å². The molecule has 1 saturated heterocycles. The Morgan fingerprint density at radius 3 is 2.73 bits per heavy atom. The third-order valence-electron chi connectivity index (χ3n) is 1.83. The number of hydrogen-bond acceptors (Lipinski definition) is 4. The van der Waals surface area contributed by atoms with Crippen molar-refractivity contribution in [3.05, 3.63) is 0 Å². The average molecular weight is 158 g/mol. The molecule has 62 valence electrons. The van der Waals surface area contributed by atoms with Crippen molar-refractivity contribution in [3.8, 4) is 0 Å². The van der Waals surface area contributed by atoms with E-state index in [9.17, 15) is 9.59 Å². The zero-order valence-electron chi connectivity index (χ0n) is 6.11. The molecule has 5 heteroatoms. The van der Waals surface area contributed by atoms with Gasteiger partial charge in [-0.25, -0.2) is 0 Å². The number of rotatable bonds is 2. The Kier molecular flexibility index (Phi) is 2.09. The Morgan fingerprint density at radius 2 is 2.36 bits per heavy atom. The lowest BCUT2D eigenvalue weighted by Gasteiger charge is -2.12. The second kappa shape index (κ2) is 2.87. The topological polar surface area (TPSA) is 81.4 Å². The van der Waals surface area contributed by atoms with Gasteiger partial charge in [-0.15, -0.1) is 0 Å². The first-order valence-electron chi connectivity index (χ1n) is 3.32. The van der Waals surface area contributed by atoms with Gasteiger partial charge >= 0.3 is 0 Å². The van der Waals surface area contributed by atoms with Crippen LogP contribution < -0.4 is 11.1 Å². The van der Waals surface area contributed by atoms with E-state index in [-0.39, 0.29) is 11.8 Å². The van der Waals surface area contributed by atoms with Gasteiger partial charge in [-0.3, -0.25) is 9.59 Å². The smallest absolute Gasteiger partial charge is 0.295 e. The molecule has 0 saturated carbocycles. The molecule has 1 unspecified atom stereocenters. The number of amides is 1. The molecule has 3 N–H and O–H groups in total. The first-order valence-corrected chi connectivity index (χ1v) is 3.32. The van der Waals surface area contributed by atoms with E-state index in [1.165, 1.54) is 0 Å². The van der Waals surface area contributed by atoms with Crippen LogP contribution in [0, 0.1) is 5.92 Å². The Balaban J connectivity index is 2.59. The summed E-state index contributed by atoms with van der Waals surface area (Å²) in [6, 6.07) is -0.569. The van der Waals surface area contributed by atoms with Gasteiger partial charge in [0, 0.05) is 5.92 Å². The maximum Gasteiger partial charge on any atom is 0.295 e. The van der Waals surface area contributed by atoms with E-state index in [1.54, 1.807) is 6.92 Å². The van der Waals surface area contributed by atoms with Crippen molar-refractivity contribution < 1.29 is 14.3 Å². The SMILES string of the molecule is C[C@H]1C(OC=O)NC(=O)[C@H]1N. The largest absolute Gasteiger partial charge is 0.444 e. The fourth-order valence-corrected chi connectivity index (χ4v) is 1.01. The minimum atomic E-state index is -0.569. The van der Waals surface area contributed by atoms with Gasteiger partial charge in [0.25, 0.3) is 6.47 Å². The van der Waals surface area contributed by atoms with E-state index in [4.69, 9.17) is 5.73 Å². The first kappa shape index (κ1) is 8.00. The maximum atomic E-state index is 10.8. The maximum absolute atomic E-state index is 10.8. The Labute approximate surface area is 63.9 Å². The van der Waals surface area contributed by atoms with Crippen LogP contribution in [-0.2, 0) is 14.3 Å². The Bertz CT molecular complexity index is 183. The number of nitrogens with two attached hydrogens (primary N) is 1. The molecule has 1 aliphatic heterocycles. The molecular formula is C6H10N2O3. The van der Waals surface area contributed by atoms with Crippen LogP contribution in [0.1, 0.15) is 6.92 Å². The average Bonchev–Trinajstić information content (AvgIpc) is 2.19. The molecule has 1 rings (SSSR count). The summed E-state index contributed by atoms with van der Waals surface area (Å²) in [7, 11) is 0. The van der Waals surface area contributed by atoms with Gasteiger partial charge < -0.3 is 15.8 Å². The van der Waals surface area contributed by atoms with Crippen LogP contribution in [0.4, 0.5) is 0 Å². The van der Waals surface area contributed by atoms with E-state index in [2.05, 4.69) is 10.1 Å². The number of carbonyl (C=O) groups excluding carboxylic acids is 2. The fraction of sp³-hybridized carbons (Fsp3) is 0.667. The molecule has 5 nitrogen and oxygen atoms in total. The number of ether oxygens (including phenoxy) is 1. The first-order chi connectivity index (χ1) is 5.16. The molecule has 1 aliphatic rings. The van der Waals surface area contributed by atoms with E-state index in [1.807, 2.05) is 0 Å². The van der Waals surface area contributed by atoms with Crippen LogP contribution in [0.2, 0.25) is 0 Å². The number of carbonyl (C=O) groups is 2. The van der Waals surface area contributed by atoms with Crippen LogP contribution in [-0.4, -0.2) is 24.6 Å². The van der Waals surface area contributed by atoms with E-state index in [0.29, 0.717) is 6.47 Å². The summed E-state index contributed by atoms with van der Waals surface area (Å²) in [6.07, 6.45) is -0.560. The minimum Gasteiger partial charge on any atom is -0.444 e. The lowest BCUT2D eigenvalue weighted by molar-refractivity contribution is -0.136. The highest BCUT2D eigenvalue weighted by atomic mass is 16.5. The highest BCUT2D eigenvalue weighted by Gasteiger charge is 2.37. The predicted molar refractivity (Wildman–Crippen MR) is 36.2 cm³/mol. The van der Waals surface area contributed by atoms with Crippen LogP contribution >= 0.6 is 0 Å². The molecule has 1 fully saturated rings. The van der Waals surface area contributed by atoms with E-state index in [0.717, 1.165) is 0 Å². The summed E-state index contributed by atoms with van der Waals surface area (Å²) in [5.74, 6) is -0.433. The molecule has 3 atom stereocenters. The lowest BCUT2D eigenvalue weighted by atomic mass is 10.1. The van der Waals surface area contributed by atoms with Gasteiger partial charge in [-0.05, 0) is 0 Å². The minimum absolute atomic E-state index is 0.160. The quantitative estimate of drug-likeness (QED) is 0.483. The fourth-order valence-electron chi connectivity index (χ4n) is 1.01. The van der Waals surface area contributed by atoms with Crippen molar-refractivity contribution in [2.45, 2.75) is 19.2 Å².